The van der Waals surface area contributed by atoms with Crippen LogP contribution in [0.3, 0.4) is 0 Å². The van der Waals surface area contributed by atoms with E-state index < -0.39 is 17.4 Å². The number of nitrogens with one attached hydrogen (secondary N) is 1. The van der Waals surface area contributed by atoms with Gasteiger partial charge in [-0.2, -0.15) is 5.10 Å². The van der Waals surface area contributed by atoms with Crippen LogP contribution in [0.5, 0.6) is 0 Å². The third-order valence-corrected chi connectivity index (χ3v) is 5.59. The van der Waals surface area contributed by atoms with E-state index in [0.717, 1.165) is 10.0 Å². The molecule has 2 amide bonds. The number of hydrazone groups is 1. The summed E-state index contributed by atoms with van der Waals surface area (Å²) in [4.78, 5) is 25.8. The molecule has 1 heterocycles. The van der Waals surface area contributed by atoms with Gasteiger partial charge in [-0.3, -0.25) is 4.79 Å². The molecule has 152 valence electrons. The minimum atomic E-state index is -1.04. The van der Waals surface area contributed by atoms with Crippen molar-refractivity contribution < 1.29 is 14.3 Å². The fraction of sp³-hybridized carbons (Fsp3) is 0.286. The molecule has 6 nitrogen and oxygen atoms in total. The summed E-state index contributed by atoms with van der Waals surface area (Å²) in [5, 5.41) is 9.19. The lowest BCUT2D eigenvalue weighted by Crippen LogP contribution is -2.44. The van der Waals surface area contributed by atoms with Crippen LogP contribution in [0.1, 0.15) is 25.8 Å². The molecule has 1 atom stereocenters. The van der Waals surface area contributed by atoms with Crippen molar-refractivity contribution in [3.05, 3.63) is 63.6 Å². The lowest BCUT2D eigenvalue weighted by molar-refractivity contribution is -0.151. The van der Waals surface area contributed by atoms with Crippen molar-refractivity contribution in [2.24, 2.45) is 10.5 Å². The molecule has 0 saturated carbocycles. The van der Waals surface area contributed by atoms with Crippen LogP contribution in [0.15, 0.2) is 58.1 Å². The number of urea groups is 1. The molecule has 0 fully saturated rings. The van der Waals surface area contributed by atoms with Crippen LogP contribution in [0.25, 0.3) is 0 Å². The molecule has 0 aromatic heterocycles. The maximum absolute atomic E-state index is 12.9. The molecule has 0 radical (unpaired) electrons. The van der Waals surface area contributed by atoms with Crippen molar-refractivity contribution in [1.29, 1.82) is 0 Å². The Bertz CT molecular complexity index is 931. The summed E-state index contributed by atoms with van der Waals surface area (Å²) in [5.74, 6) is -0.393. The SMILES string of the molecule is CCOC(=O)C1(CC)CN(C(=O)Nc2ccc(Br)cc2)N=C1c1ccc(Cl)cc1. The van der Waals surface area contributed by atoms with Gasteiger partial charge in [-0.15, -0.1) is 0 Å². The Balaban J connectivity index is 1.94. The van der Waals surface area contributed by atoms with Crippen molar-refractivity contribution in [3.63, 3.8) is 0 Å². The van der Waals surface area contributed by atoms with E-state index in [1.807, 2.05) is 19.1 Å². The number of rotatable bonds is 5. The topological polar surface area (TPSA) is 71.0 Å². The van der Waals surface area contributed by atoms with Gasteiger partial charge in [0.1, 0.15) is 5.41 Å². The van der Waals surface area contributed by atoms with E-state index in [-0.39, 0.29) is 13.2 Å². The minimum Gasteiger partial charge on any atom is -0.465 e. The smallest absolute Gasteiger partial charge is 0.342 e. The second-order valence-electron chi connectivity index (χ2n) is 6.61. The van der Waals surface area contributed by atoms with Crippen molar-refractivity contribution in [3.8, 4) is 0 Å². The monoisotopic (exact) mass is 477 g/mol. The van der Waals surface area contributed by atoms with Gasteiger partial charge in [0, 0.05) is 15.2 Å². The van der Waals surface area contributed by atoms with Gasteiger partial charge in [0.15, 0.2) is 0 Å². The Morgan fingerprint density at radius 1 is 1.17 bits per heavy atom. The van der Waals surface area contributed by atoms with Crippen LogP contribution in [-0.4, -0.2) is 35.9 Å². The number of amides is 2. The molecule has 29 heavy (non-hydrogen) atoms. The maximum Gasteiger partial charge on any atom is 0.342 e. The van der Waals surface area contributed by atoms with E-state index in [0.29, 0.717) is 22.8 Å². The zero-order chi connectivity index (χ0) is 21.0. The molecule has 8 heteroatoms. The summed E-state index contributed by atoms with van der Waals surface area (Å²) in [6.45, 7) is 3.99. The Labute approximate surface area is 183 Å². The fourth-order valence-corrected chi connectivity index (χ4v) is 3.61. The van der Waals surface area contributed by atoms with Crippen LogP contribution in [0.2, 0.25) is 5.02 Å². The molecule has 0 aliphatic carbocycles. The summed E-state index contributed by atoms with van der Waals surface area (Å²) < 4.78 is 6.25. The van der Waals surface area contributed by atoms with Crippen molar-refractivity contribution >= 4 is 50.9 Å². The van der Waals surface area contributed by atoms with E-state index in [1.165, 1.54) is 5.01 Å². The van der Waals surface area contributed by atoms with Crippen LogP contribution in [-0.2, 0) is 9.53 Å². The average Bonchev–Trinajstić information content (AvgIpc) is 3.12. The van der Waals surface area contributed by atoms with Crippen molar-refractivity contribution in [1.82, 2.24) is 5.01 Å². The third-order valence-electron chi connectivity index (χ3n) is 4.81. The number of benzene rings is 2. The number of esters is 1. The highest BCUT2D eigenvalue weighted by atomic mass is 79.9. The molecule has 3 rings (SSSR count). The quantitative estimate of drug-likeness (QED) is 0.592. The summed E-state index contributed by atoms with van der Waals surface area (Å²) in [6, 6.07) is 13.8. The summed E-state index contributed by atoms with van der Waals surface area (Å²) in [5.41, 5.74) is 0.817. The summed E-state index contributed by atoms with van der Waals surface area (Å²) in [7, 11) is 0. The van der Waals surface area contributed by atoms with E-state index in [1.54, 1.807) is 43.3 Å². The molecule has 1 N–H and O–H groups in total. The zero-order valence-corrected chi connectivity index (χ0v) is 18.5. The number of anilines is 1. The Kier molecular flexibility index (Phi) is 6.59. The largest absolute Gasteiger partial charge is 0.465 e. The number of hydrogen-bond donors (Lipinski definition) is 1. The van der Waals surface area contributed by atoms with E-state index in [2.05, 4.69) is 26.3 Å². The van der Waals surface area contributed by atoms with Gasteiger partial charge in [0.25, 0.3) is 0 Å². The van der Waals surface area contributed by atoms with Gasteiger partial charge in [-0.1, -0.05) is 46.6 Å². The van der Waals surface area contributed by atoms with Gasteiger partial charge < -0.3 is 10.1 Å². The fourth-order valence-electron chi connectivity index (χ4n) is 3.22. The van der Waals surface area contributed by atoms with Gasteiger partial charge in [-0.25, -0.2) is 9.80 Å². The molecule has 0 saturated heterocycles. The van der Waals surface area contributed by atoms with E-state index in [4.69, 9.17) is 16.3 Å². The Hall–Kier alpha value is -2.38. The van der Waals surface area contributed by atoms with Crippen LogP contribution in [0, 0.1) is 5.41 Å². The molecule has 1 aliphatic heterocycles. The maximum atomic E-state index is 12.9. The number of halogens is 2. The number of carbonyl (C=O) groups is 2. The highest BCUT2D eigenvalue weighted by molar-refractivity contribution is 9.10. The summed E-state index contributed by atoms with van der Waals surface area (Å²) in [6.07, 6.45) is 0.440. The molecule has 2 aromatic rings. The Morgan fingerprint density at radius 3 is 2.41 bits per heavy atom. The predicted molar refractivity (Wildman–Crippen MR) is 117 cm³/mol. The first-order valence-corrected chi connectivity index (χ1v) is 10.4. The average molecular weight is 479 g/mol. The van der Waals surface area contributed by atoms with Crippen molar-refractivity contribution in [2.45, 2.75) is 20.3 Å². The number of hydrogen-bond acceptors (Lipinski definition) is 4. The molecular weight excluding hydrogens is 458 g/mol. The first-order chi connectivity index (χ1) is 13.9. The number of nitrogens with zero attached hydrogens (tertiary/aromatic N) is 2. The lowest BCUT2D eigenvalue weighted by atomic mass is 9.78. The van der Waals surface area contributed by atoms with Crippen molar-refractivity contribution in [2.75, 3.05) is 18.5 Å². The zero-order valence-electron chi connectivity index (χ0n) is 16.1. The molecular formula is C21H21BrClN3O3. The third kappa shape index (κ3) is 4.46. The highest BCUT2D eigenvalue weighted by Crippen LogP contribution is 2.36. The van der Waals surface area contributed by atoms with Crippen LogP contribution < -0.4 is 5.32 Å². The van der Waals surface area contributed by atoms with Crippen LogP contribution in [0.4, 0.5) is 10.5 Å². The second-order valence-corrected chi connectivity index (χ2v) is 7.96. The van der Waals surface area contributed by atoms with Gasteiger partial charge in [0.2, 0.25) is 0 Å². The predicted octanol–water partition coefficient (Wildman–Crippen LogP) is 5.31. The second kappa shape index (κ2) is 8.97. The molecule has 1 aliphatic rings. The standard InChI is InChI=1S/C21H21BrClN3O3/c1-3-21(19(27)29-4-2)13-26(20(28)24-17-11-7-15(22)8-12-17)25-18(21)14-5-9-16(23)10-6-14/h5-12H,3-4,13H2,1-2H3,(H,24,28). The molecule has 2 aromatic carbocycles. The number of ether oxygens (including phenoxy) is 1. The number of carbonyl (C=O) groups excluding carboxylic acids is 2. The Morgan fingerprint density at radius 2 is 1.83 bits per heavy atom. The van der Waals surface area contributed by atoms with Gasteiger partial charge in [0.05, 0.1) is 18.9 Å². The van der Waals surface area contributed by atoms with Crippen LogP contribution >= 0.6 is 27.5 Å². The molecule has 0 spiro atoms. The lowest BCUT2D eigenvalue weighted by Gasteiger charge is -2.27. The first kappa shape index (κ1) is 21.3. The first-order valence-electron chi connectivity index (χ1n) is 9.26. The van der Waals surface area contributed by atoms with Gasteiger partial charge in [-0.05, 0) is 55.3 Å². The highest BCUT2D eigenvalue weighted by Gasteiger charge is 2.51. The van der Waals surface area contributed by atoms with E-state index in [9.17, 15) is 9.59 Å². The molecule has 0 bridgehead atoms. The summed E-state index contributed by atoms with van der Waals surface area (Å²) >= 11 is 9.37. The minimum absolute atomic E-state index is 0.0999. The molecule has 1 unspecified atom stereocenters. The van der Waals surface area contributed by atoms with Gasteiger partial charge >= 0.3 is 12.0 Å². The van der Waals surface area contributed by atoms with E-state index >= 15 is 0 Å². The normalized spacial score (nSPS) is 18.3.